The van der Waals surface area contributed by atoms with Crippen molar-refractivity contribution in [3.8, 4) is 11.5 Å². The first-order valence-electron chi connectivity index (χ1n) is 5.77. The van der Waals surface area contributed by atoms with Crippen LogP contribution in [0.15, 0.2) is 36.4 Å². The van der Waals surface area contributed by atoms with Crippen molar-refractivity contribution in [2.24, 2.45) is 0 Å². The molecule has 0 amide bonds. The average molecular weight is 258 g/mol. The first-order chi connectivity index (χ1) is 8.99. The molecule has 0 spiro atoms. The number of ether oxygens (including phenoxy) is 1. The number of hydrogen-bond donors (Lipinski definition) is 1. The van der Waals surface area contributed by atoms with Gasteiger partial charge in [0.2, 0.25) is 5.75 Å². The summed E-state index contributed by atoms with van der Waals surface area (Å²) in [6.07, 6.45) is 0. The molecule has 0 bridgehead atoms. The van der Waals surface area contributed by atoms with Gasteiger partial charge in [-0.25, -0.2) is 0 Å². The summed E-state index contributed by atoms with van der Waals surface area (Å²) in [5.41, 5.74) is 7.79. The van der Waals surface area contributed by atoms with Crippen LogP contribution < -0.4 is 10.5 Å². The van der Waals surface area contributed by atoms with Crippen LogP contribution in [0.3, 0.4) is 0 Å². The predicted octanol–water partition coefficient (Wildman–Crippen LogP) is 3.59. The van der Waals surface area contributed by atoms with Gasteiger partial charge in [0, 0.05) is 11.8 Å². The first kappa shape index (κ1) is 12.9. The number of nitro groups is 1. The van der Waals surface area contributed by atoms with Crippen molar-refractivity contribution in [1.29, 1.82) is 0 Å². The molecule has 0 aliphatic heterocycles. The second-order valence-corrected chi connectivity index (χ2v) is 4.31. The van der Waals surface area contributed by atoms with Gasteiger partial charge in [0.25, 0.3) is 0 Å². The zero-order valence-corrected chi connectivity index (χ0v) is 10.7. The molecule has 2 aromatic carbocycles. The Labute approximate surface area is 110 Å². The minimum absolute atomic E-state index is 0.0452. The van der Waals surface area contributed by atoms with Gasteiger partial charge in [0.1, 0.15) is 5.75 Å². The van der Waals surface area contributed by atoms with Gasteiger partial charge in [0.15, 0.2) is 0 Å². The summed E-state index contributed by atoms with van der Waals surface area (Å²) in [6.45, 7) is 3.62. The normalized spacial score (nSPS) is 10.2. The van der Waals surface area contributed by atoms with Crippen LogP contribution in [-0.2, 0) is 0 Å². The molecule has 0 fully saturated rings. The average Bonchev–Trinajstić information content (AvgIpc) is 2.34. The standard InChI is InChI=1S/C14H14N2O3/c1-9-4-3-5-12(16(17)18)14(9)19-13-7-6-11(15)8-10(13)2/h3-8H,15H2,1-2H3. The summed E-state index contributed by atoms with van der Waals surface area (Å²) in [7, 11) is 0. The van der Waals surface area contributed by atoms with E-state index in [2.05, 4.69) is 0 Å². The third-order valence-electron chi connectivity index (χ3n) is 2.80. The lowest BCUT2D eigenvalue weighted by Crippen LogP contribution is -1.97. The van der Waals surface area contributed by atoms with Crippen molar-refractivity contribution in [1.82, 2.24) is 0 Å². The minimum atomic E-state index is -0.449. The van der Waals surface area contributed by atoms with Gasteiger partial charge < -0.3 is 10.5 Å². The fraction of sp³-hybridized carbons (Fsp3) is 0.143. The highest BCUT2D eigenvalue weighted by Crippen LogP contribution is 2.35. The van der Waals surface area contributed by atoms with Crippen molar-refractivity contribution in [3.63, 3.8) is 0 Å². The van der Waals surface area contributed by atoms with Gasteiger partial charge in [-0.1, -0.05) is 12.1 Å². The van der Waals surface area contributed by atoms with Crippen LogP contribution in [0.1, 0.15) is 11.1 Å². The summed E-state index contributed by atoms with van der Waals surface area (Å²) in [4.78, 5) is 10.6. The highest BCUT2D eigenvalue weighted by molar-refractivity contribution is 5.55. The Balaban J connectivity index is 2.46. The molecule has 2 rings (SSSR count). The largest absolute Gasteiger partial charge is 0.450 e. The lowest BCUT2D eigenvalue weighted by Gasteiger charge is -2.11. The highest BCUT2D eigenvalue weighted by atomic mass is 16.6. The second kappa shape index (κ2) is 4.97. The molecular formula is C14H14N2O3. The number of aryl methyl sites for hydroxylation is 2. The summed E-state index contributed by atoms with van der Waals surface area (Å²) in [5.74, 6) is 0.826. The Kier molecular flexibility index (Phi) is 3.37. The first-order valence-corrected chi connectivity index (χ1v) is 5.77. The van der Waals surface area contributed by atoms with Gasteiger partial charge in [-0.3, -0.25) is 10.1 Å². The summed E-state index contributed by atoms with van der Waals surface area (Å²) in [6, 6.07) is 10.0. The fourth-order valence-electron chi connectivity index (χ4n) is 1.81. The molecule has 98 valence electrons. The lowest BCUT2D eigenvalue weighted by molar-refractivity contribution is -0.385. The minimum Gasteiger partial charge on any atom is -0.450 e. The zero-order valence-electron chi connectivity index (χ0n) is 10.7. The van der Waals surface area contributed by atoms with Crippen molar-refractivity contribution < 1.29 is 9.66 Å². The lowest BCUT2D eigenvalue weighted by atomic mass is 10.1. The van der Waals surface area contributed by atoms with Crippen molar-refractivity contribution in [2.45, 2.75) is 13.8 Å². The van der Waals surface area contributed by atoms with E-state index in [-0.39, 0.29) is 11.4 Å². The number of para-hydroxylation sites is 1. The van der Waals surface area contributed by atoms with Crippen LogP contribution in [0.25, 0.3) is 0 Å². The molecule has 2 aromatic rings. The second-order valence-electron chi connectivity index (χ2n) is 4.31. The number of anilines is 1. The molecular weight excluding hydrogens is 244 g/mol. The summed E-state index contributed by atoms with van der Waals surface area (Å²) >= 11 is 0. The molecule has 0 atom stereocenters. The molecule has 5 nitrogen and oxygen atoms in total. The predicted molar refractivity (Wildman–Crippen MR) is 73.5 cm³/mol. The van der Waals surface area contributed by atoms with E-state index in [4.69, 9.17) is 10.5 Å². The molecule has 0 aliphatic carbocycles. The number of hydrogen-bond acceptors (Lipinski definition) is 4. The zero-order chi connectivity index (χ0) is 14.0. The van der Waals surface area contributed by atoms with Gasteiger partial charge in [-0.05, 0) is 43.2 Å². The Morgan fingerprint density at radius 2 is 1.89 bits per heavy atom. The third-order valence-corrected chi connectivity index (χ3v) is 2.80. The number of rotatable bonds is 3. The molecule has 0 saturated heterocycles. The Morgan fingerprint density at radius 1 is 1.16 bits per heavy atom. The van der Waals surface area contributed by atoms with Crippen LogP contribution in [0.4, 0.5) is 11.4 Å². The topological polar surface area (TPSA) is 78.4 Å². The van der Waals surface area contributed by atoms with Gasteiger partial charge in [-0.15, -0.1) is 0 Å². The van der Waals surface area contributed by atoms with Crippen LogP contribution in [0, 0.1) is 24.0 Å². The summed E-state index contributed by atoms with van der Waals surface area (Å²) < 4.78 is 5.69. The number of nitrogens with two attached hydrogens (primary N) is 1. The highest BCUT2D eigenvalue weighted by Gasteiger charge is 2.18. The monoisotopic (exact) mass is 258 g/mol. The van der Waals surface area contributed by atoms with E-state index in [0.29, 0.717) is 17.0 Å². The molecule has 5 heteroatoms. The van der Waals surface area contributed by atoms with Crippen LogP contribution in [-0.4, -0.2) is 4.92 Å². The van der Waals surface area contributed by atoms with Crippen molar-refractivity contribution in [3.05, 3.63) is 57.6 Å². The number of nitro benzene ring substituents is 1. The van der Waals surface area contributed by atoms with Gasteiger partial charge in [-0.2, -0.15) is 0 Å². The Bertz CT molecular complexity index is 639. The third kappa shape index (κ3) is 2.65. The van der Waals surface area contributed by atoms with Crippen molar-refractivity contribution in [2.75, 3.05) is 5.73 Å². The maximum Gasteiger partial charge on any atom is 0.311 e. The maximum atomic E-state index is 11.0. The molecule has 0 aliphatic rings. The number of nitrogen functional groups attached to an aromatic ring is 1. The quantitative estimate of drug-likeness (QED) is 0.518. The maximum absolute atomic E-state index is 11.0. The van der Waals surface area contributed by atoms with Crippen LogP contribution >= 0.6 is 0 Å². The fourth-order valence-corrected chi connectivity index (χ4v) is 1.81. The molecule has 0 unspecified atom stereocenters. The van der Waals surface area contributed by atoms with E-state index >= 15 is 0 Å². The Morgan fingerprint density at radius 3 is 2.53 bits per heavy atom. The van der Waals surface area contributed by atoms with E-state index in [1.54, 1.807) is 37.3 Å². The van der Waals surface area contributed by atoms with Crippen LogP contribution in [0.5, 0.6) is 11.5 Å². The molecule has 0 aromatic heterocycles. The summed E-state index contributed by atoms with van der Waals surface area (Å²) in [5, 5.41) is 11.0. The van der Waals surface area contributed by atoms with E-state index in [0.717, 1.165) is 5.56 Å². The van der Waals surface area contributed by atoms with Crippen LogP contribution in [0.2, 0.25) is 0 Å². The smallest absolute Gasteiger partial charge is 0.311 e. The SMILES string of the molecule is Cc1cc(N)ccc1Oc1c(C)cccc1[N+](=O)[O-]. The molecule has 19 heavy (non-hydrogen) atoms. The van der Waals surface area contributed by atoms with E-state index in [1.165, 1.54) is 6.07 Å². The molecule has 0 radical (unpaired) electrons. The molecule has 2 N–H and O–H groups in total. The molecule has 0 saturated carbocycles. The van der Waals surface area contributed by atoms with Gasteiger partial charge >= 0.3 is 5.69 Å². The Hall–Kier alpha value is -2.56. The number of nitrogens with zero attached hydrogens (tertiary/aromatic N) is 1. The van der Waals surface area contributed by atoms with E-state index in [9.17, 15) is 10.1 Å². The van der Waals surface area contributed by atoms with Gasteiger partial charge in [0.05, 0.1) is 4.92 Å². The van der Waals surface area contributed by atoms with Crippen molar-refractivity contribution >= 4 is 11.4 Å². The van der Waals surface area contributed by atoms with E-state index in [1.807, 2.05) is 6.92 Å². The number of benzene rings is 2. The van der Waals surface area contributed by atoms with E-state index < -0.39 is 4.92 Å². The molecule has 0 heterocycles.